The molecule has 2 atom stereocenters. The van der Waals surface area contributed by atoms with Gasteiger partial charge in [-0.05, 0) is 37.6 Å². The van der Waals surface area contributed by atoms with E-state index >= 15 is 0 Å². The second-order valence-corrected chi connectivity index (χ2v) is 6.39. The van der Waals surface area contributed by atoms with Crippen LogP contribution in [0.4, 0.5) is 4.39 Å². The maximum Gasteiger partial charge on any atom is 0.248 e. The summed E-state index contributed by atoms with van der Waals surface area (Å²) >= 11 is 0. The average molecular weight is 371 g/mol. The molecule has 3 N–H and O–H groups in total. The van der Waals surface area contributed by atoms with Crippen LogP contribution in [0.2, 0.25) is 0 Å². The van der Waals surface area contributed by atoms with E-state index in [1.165, 1.54) is 0 Å². The highest BCUT2D eigenvalue weighted by molar-refractivity contribution is 6.01. The quantitative estimate of drug-likeness (QED) is 0.749. The number of aryl methyl sites for hydroxylation is 1. The minimum absolute atomic E-state index is 0. The molecule has 3 rings (SSSR count). The fraction of sp³-hybridized carbons (Fsp3) is 0.263. The van der Waals surface area contributed by atoms with Gasteiger partial charge >= 0.3 is 0 Å². The van der Waals surface area contributed by atoms with Gasteiger partial charge in [-0.2, -0.15) is 5.26 Å². The van der Waals surface area contributed by atoms with Crippen molar-refractivity contribution in [3.05, 3.63) is 64.5 Å². The van der Waals surface area contributed by atoms with E-state index in [2.05, 4.69) is 20.9 Å². The Morgan fingerprint density at radius 3 is 3.04 bits per heavy atom. The number of pyridine rings is 1. The summed E-state index contributed by atoms with van der Waals surface area (Å²) in [6.45, 7) is 3.35. The van der Waals surface area contributed by atoms with Gasteiger partial charge in [0.15, 0.2) is 0 Å². The number of nitrogens with zero attached hydrogens (tertiary/aromatic N) is 2. The van der Waals surface area contributed by atoms with Crippen LogP contribution in [-0.2, 0) is 9.59 Å². The van der Waals surface area contributed by atoms with Crippen molar-refractivity contribution < 1.29 is 16.8 Å². The standard InChI is InChI=1S/C19H18FN5O2.2H2/c1-10-5-16(23-9-14(10)20)11(2)24-18(26)7-12-6-13-15(25-19(12)27)3-4-22-17(13)8-21;;/h3-6,9,11,15,22H,7H2,1-2H3,(H,24,26)(H,25,27);2*1H/t11-,15?;;/m1../s1. The third-order valence-corrected chi connectivity index (χ3v) is 4.40. The van der Waals surface area contributed by atoms with Gasteiger partial charge in [0.1, 0.15) is 17.6 Å². The van der Waals surface area contributed by atoms with Crippen LogP contribution in [0.15, 0.2) is 47.5 Å². The monoisotopic (exact) mass is 371 g/mol. The maximum atomic E-state index is 13.3. The van der Waals surface area contributed by atoms with E-state index in [1.807, 2.05) is 6.07 Å². The molecule has 142 valence electrons. The number of fused-ring (bicyclic) bond motifs is 1. The number of halogens is 1. The minimum Gasteiger partial charge on any atom is -0.353 e. The number of hydrogen-bond acceptors (Lipinski definition) is 5. The first-order valence-electron chi connectivity index (χ1n) is 8.39. The van der Waals surface area contributed by atoms with E-state index in [4.69, 9.17) is 0 Å². The van der Waals surface area contributed by atoms with Crippen molar-refractivity contribution in [1.29, 1.82) is 5.26 Å². The minimum atomic E-state index is -0.440. The van der Waals surface area contributed by atoms with Gasteiger partial charge in [-0.25, -0.2) is 4.39 Å². The Morgan fingerprint density at radius 1 is 1.56 bits per heavy atom. The number of allylic oxidation sites excluding steroid dienone is 1. The largest absolute Gasteiger partial charge is 0.353 e. The Labute approximate surface area is 158 Å². The van der Waals surface area contributed by atoms with E-state index in [1.54, 1.807) is 38.3 Å². The molecule has 2 aliphatic rings. The Kier molecular flexibility index (Phi) is 5.03. The van der Waals surface area contributed by atoms with Gasteiger partial charge in [-0.1, -0.05) is 0 Å². The Bertz CT molecular complexity index is 952. The van der Waals surface area contributed by atoms with Crippen LogP contribution < -0.4 is 16.0 Å². The van der Waals surface area contributed by atoms with E-state index in [9.17, 15) is 19.2 Å². The molecule has 0 aromatic carbocycles. The Balaban J connectivity index is 0.00000210. The molecule has 8 heteroatoms. The van der Waals surface area contributed by atoms with Crippen molar-refractivity contribution in [3.8, 4) is 6.07 Å². The summed E-state index contributed by atoms with van der Waals surface area (Å²) in [7, 11) is 0. The van der Waals surface area contributed by atoms with Crippen molar-refractivity contribution in [2.45, 2.75) is 32.4 Å². The molecule has 0 fully saturated rings. The van der Waals surface area contributed by atoms with Gasteiger partial charge in [0, 0.05) is 20.2 Å². The number of dihydropyridines is 1. The number of aromatic nitrogens is 1. The number of hydrogen-bond donors (Lipinski definition) is 3. The highest BCUT2D eigenvalue weighted by atomic mass is 19.1. The van der Waals surface area contributed by atoms with Gasteiger partial charge in [-0.3, -0.25) is 14.6 Å². The molecule has 2 aliphatic heterocycles. The second-order valence-electron chi connectivity index (χ2n) is 6.39. The molecule has 1 aromatic heterocycles. The number of rotatable bonds is 4. The normalized spacial score (nSPS) is 19.3. The lowest BCUT2D eigenvalue weighted by molar-refractivity contribution is -0.124. The van der Waals surface area contributed by atoms with Gasteiger partial charge < -0.3 is 16.0 Å². The van der Waals surface area contributed by atoms with E-state index in [-0.39, 0.29) is 32.7 Å². The summed E-state index contributed by atoms with van der Waals surface area (Å²) in [4.78, 5) is 28.6. The molecular formula is C19H22FN5O2. The van der Waals surface area contributed by atoms with Crippen LogP contribution in [0.3, 0.4) is 0 Å². The number of carbonyl (C=O) groups excluding carboxylic acids is 2. The molecule has 0 spiro atoms. The number of nitrogens with one attached hydrogen (secondary N) is 3. The van der Waals surface area contributed by atoms with Crippen LogP contribution in [0.25, 0.3) is 0 Å². The van der Waals surface area contributed by atoms with Crippen molar-refractivity contribution >= 4 is 11.8 Å². The lowest BCUT2D eigenvalue weighted by Gasteiger charge is -2.27. The molecule has 0 saturated carbocycles. The van der Waals surface area contributed by atoms with Crippen molar-refractivity contribution in [2.75, 3.05) is 0 Å². The second kappa shape index (κ2) is 7.41. The van der Waals surface area contributed by atoms with Crippen LogP contribution in [0.5, 0.6) is 0 Å². The highest BCUT2D eigenvalue weighted by Gasteiger charge is 2.28. The van der Waals surface area contributed by atoms with Gasteiger partial charge in [0.2, 0.25) is 11.8 Å². The first kappa shape index (κ1) is 18.3. The zero-order valence-corrected chi connectivity index (χ0v) is 14.8. The molecular weight excluding hydrogens is 349 g/mol. The molecule has 2 amide bonds. The summed E-state index contributed by atoms with van der Waals surface area (Å²) in [5.41, 5.74) is 2.18. The summed E-state index contributed by atoms with van der Waals surface area (Å²) in [6, 6.07) is 2.78. The number of nitriles is 1. The van der Waals surface area contributed by atoms with Crippen LogP contribution in [0.1, 0.15) is 33.5 Å². The smallest absolute Gasteiger partial charge is 0.248 e. The molecule has 3 heterocycles. The van der Waals surface area contributed by atoms with Gasteiger partial charge in [-0.15, -0.1) is 0 Å². The zero-order chi connectivity index (χ0) is 19.6. The van der Waals surface area contributed by atoms with Crippen LogP contribution >= 0.6 is 0 Å². The van der Waals surface area contributed by atoms with E-state index < -0.39 is 11.9 Å². The van der Waals surface area contributed by atoms with Gasteiger partial charge in [0.05, 0.1) is 30.4 Å². The lowest BCUT2D eigenvalue weighted by atomic mass is 9.93. The topological polar surface area (TPSA) is 107 Å². The third kappa shape index (κ3) is 3.87. The molecule has 0 radical (unpaired) electrons. The predicted molar refractivity (Wildman–Crippen MR) is 99.3 cm³/mol. The van der Waals surface area contributed by atoms with Crippen LogP contribution in [-0.4, -0.2) is 22.8 Å². The molecule has 0 aliphatic carbocycles. The predicted octanol–water partition coefficient (Wildman–Crippen LogP) is 1.91. The summed E-state index contributed by atoms with van der Waals surface area (Å²) in [6.07, 6.45) is 5.87. The molecule has 27 heavy (non-hydrogen) atoms. The van der Waals surface area contributed by atoms with Crippen molar-refractivity contribution in [2.24, 2.45) is 0 Å². The Hall–Kier alpha value is -3.47. The number of amides is 2. The van der Waals surface area contributed by atoms with Crippen LogP contribution in [0, 0.1) is 24.1 Å². The molecule has 0 bridgehead atoms. The first-order chi connectivity index (χ1) is 12.9. The average Bonchev–Trinajstić information content (AvgIpc) is 2.64. The Morgan fingerprint density at radius 2 is 2.33 bits per heavy atom. The van der Waals surface area contributed by atoms with Gasteiger partial charge in [0.25, 0.3) is 0 Å². The molecule has 1 aromatic rings. The highest BCUT2D eigenvalue weighted by Crippen LogP contribution is 2.23. The van der Waals surface area contributed by atoms with E-state index in [0.717, 1.165) is 6.20 Å². The zero-order valence-electron chi connectivity index (χ0n) is 14.8. The summed E-state index contributed by atoms with van der Waals surface area (Å²) < 4.78 is 13.3. The first-order valence-corrected chi connectivity index (χ1v) is 8.39. The third-order valence-electron chi connectivity index (χ3n) is 4.40. The van der Waals surface area contributed by atoms with Crippen molar-refractivity contribution in [3.63, 3.8) is 0 Å². The fourth-order valence-corrected chi connectivity index (χ4v) is 2.91. The fourth-order valence-electron chi connectivity index (χ4n) is 2.91. The maximum absolute atomic E-state index is 13.3. The van der Waals surface area contributed by atoms with E-state index in [0.29, 0.717) is 22.5 Å². The summed E-state index contributed by atoms with van der Waals surface area (Å²) in [5, 5.41) is 17.5. The summed E-state index contributed by atoms with van der Waals surface area (Å²) in [5.74, 6) is -1.14. The SMILES string of the molecule is Cc1cc([C@@H](C)NC(=O)CC2=CC3=C(C#N)NC=CC3NC2=O)ncc1F.[HH].[HH]. The lowest BCUT2D eigenvalue weighted by Crippen LogP contribution is -2.43. The molecule has 1 unspecified atom stereocenters. The van der Waals surface area contributed by atoms with Crippen molar-refractivity contribution in [1.82, 2.24) is 20.9 Å². The molecule has 0 saturated heterocycles. The molecule has 7 nitrogen and oxygen atoms in total. The number of carbonyl (C=O) groups is 2.